The van der Waals surface area contributed by atoms with Crippen molar-refractivity contribution in [3.05, 3.63) is 52.6 Å². The maximum Gasteiger partial charge on any atom is 0.226 e. The molecule has 0 saturated heterocycles. The summed E-state index contributed by atoms with van der Waals surface area (Å²) in [6.07, 6.45) is 3.71. The van der Waals surface area contributed by atoms with Gasteiger partial charge in [0, 0.05) is 43.9 Å². The zero-order valence-corrected chi connectivity index (χ0v) is 13.6. The summed E-state index contributed by atoms with van der Waals surface area (Å²) >= 11 is 0. The summed E-state index contributed by atoms with van der Waals surface area (Å²) in [5.41, 5.74) is 2.23. The highest BCUT2D eigenvalue weighted by Crippen LogP contribution is 2.28. The third-order valence-electron chi connectivity index (χ3n) is 5.24. The van der Waals surface area contributed by atoms with Gasteiger partial charge in [0.25, 0.3) is 0 Å². The summed E-state index contributed by atoms with van der Waals surface area (Å²) in [5, 5.41) is 0. The minimum Gasteiger partial charge on any atom is -0.338 e. The van der Waals surface area contributed by atoms with Crippen LogP contribution in [0.25, 0.3) is 0 Å². The third kappa shape index (κ3) is 2.41. The van der Waals surface area contributed by atoms with Gasteiger partial charge in [-0.25, -0.2) is 13.8 Å². The number of carbonyl (C=O) groups excluding carboxylic acids is 1. The summed E-state index contributed by atoms with van der Waals surface area (Å²) in [6.45, 7) is 3.59. The van der Waals surface area contributed by atoms with Gasteiger partial charge in [-0.2, -0.15) is 0 Å². The van der Waals surface area contributed by atoms with Gasteiger partial charge < -0.3 is 9.47 Å². The van der Waals surface area contributed by atoms with Crippen LogP contribution in [0.15, 0.2) is 18.3 Å². The maximum absolute atomic E-state index is 13.8. The number of halogens is 2. The van der Waals surface area contributed by atoms with E-state index in [1.165, 1.54) is 0 Å². The molecular formula is C18H19F2N3O. The van der Waals surface area contributed by atoms with Crippen LogP contribution >= 0.6 is 0 Å². The molecule has 0 aliphatic carbocycles. The summed E-state index contributed by atoms with van der Waals surface area (Å²) in [6, 6.07) is 2.73. The van der Waals surface area contributed by atoms with Crippen LogP contribution in [0.4, 0.5) is 8.78 Å². The van der Waals surface area contributed by atoms with Gasteiger partial charge in [-0.05, 0) is 37.0 Å². The Kier molecular flexibility index (Phi) is 3.62. The van der Waals surface area contributed by atoms with Crippen LogP contribution in [-0.2, 0) is 30.7 Å². The molecule has 2 aliphatic heterocycles. The lowest BCUT2D eigenvalue weighted by Crippen LogP contribution is -2.42. The highest BCUT2D eigenvalue weighted by atomic mass is 19.2. The molecule has 4 rings (SSSR count). The number of hydrogen-bond donors (Lipinski definition) is 0. The van der Waals surface area contributed by atoms with Crippen molar-refractivity contribution in [2.45, 2.75) is 39.3 Å². The zero-order valence-electron chi connectivity index (χ0n) is 13.6. The van der Waals surface area contributed by atoms with Crippen molar-refractivity contribution < 1.29 is 13.6 Å². The summed E-state index contributed by atoms with van der Waals surface area (Å²) < 4.78 is 29.3. The van der Waals surface area contributed by atoms with Gasteiger partial charge in [0.2, 0.25) is 5.91 Å². The molecule has 2 aromatic rings. The van der Waals surface area contributed by atoms with Gasteiger partial charge in [0.15, 0.2) is 11.6 Å². The standard InChI is InChI=1S/C18H19F2N3O/c1-11-21-9-14-8-12(4-7-23(11)14)18(24)22-6-5-15-13(10-22)2-3-16(19)17(15)20/h2-3,9,12H,4-8,10H2,1H3. The lowest BCUT2D eigenvalue weighted by atomic mass is 9.92. The molecule has 1 aromatic carbocycles. The molecule has 0 fully saturated rings. The average molecular weight is 331 g/mol. The summed E-state index contributed by atoms with van der Waals surface area (Å²) in [4.78, 5) is 19.0. The summed E-state index contributed by atoms with van der Waals surface area (Å²) in [5.74, 6) is -0.544. The number of rotatable bonds is 1. The Labute approximate surface area is 139 Å². The Hall–Kier alpha value is -2.24. The fourth-order valence-electron chi connectivity index (χ4n) is 3.86. The van der Waals surface area contributed by atoms with Crippen LogP contribution < -0.4 is 0 Å². The Bertz CT molecular complexity index is 815. The molecule has 24 heavy (non-hydrogen) atoms. The molecule has 1 aromatic heterocycles. The number of nitrogens with zero attached hydrogens (tertiary/aromatic N) is 3. The van der Waals surface area contributed by atoms with Crippen molar-refractivity contribution in [3.8, 4) is 0 Å². The first-order chi connectivity index (χ1) is 11.5. The van der Waals surface area contributed by atoms with Gasteiger partial charge >= 0.3 is 0 Å². The molecule has 0 saturated carbocycles. The fraction of sp³-hybridized carbons (Fsp3) is 0.444. The fourth-order valence-corrected chi connectivity index (χ4v) is 3.86. The lowest BCUT2D eigenvalue weighted by Gasteiger charge is -2.33. The highest BCUT2D eigenvalue weighted by Gasteiger charge is 2.31. The first-order valence-corrected chi connectivity index (χ1v) is 8.30. The predicted octanol–water partition coefficient (Wildman–Crippen LogP) is 2.62. The molecule has 3 heterocycles. The molecule has 126 valence electrons. The zero-order chi connectivity index (χ0) is 16.8. The van der Waals surface area contributed by atoms with Crippen LogP contribution in [0.5, 0.6) is 0 Å². The third-order valence-corrected chi connectivity index (χ3v) is 5.24. The second-order valence-corrected chi connectivity index (χ2v) is 6.65. The number of amides is 1. The molecule has 4 nitrogen and oxygen atoms in total. The van der Waals surface area contributed by atoms with Gasteiger partial charge in [0.05, 0.1) is 0 Å². The second kappa shape index (κ2) is 5.69. The SMILES string of the molecule is Cc1ncc2n1CCC(C(=O)N1CCc3c(ccc(F)c3F)C1)C2. The van der Waals surface area contributed by atoms with E-state index in [0.717, 1.165) is 30.6 Å². The van der Waals surface area contributed by atoms with Crippen LogP contribution in [0, 0.1) is 24.5 Å². The Morgan fingerprint density at radius 2 is 2.12 bits per heavy atom. The van der Waals surface area contributed by atoms with Crippen molar-refractivity contribution in [2.75, 3.05) is 6.54 Å². The molecule has 0 bridgehead atoms. The first-order valence-electron chi connectivity index (χ1n) is 8.30. The monoisotopic (exact) mass is 331 g/mol. The maximum atomic E-state index is 13.8. The molecule has 2 aliphatic rings. The Balaban J connectivity index is 1.51. The van der Waals surface area contributed by atoms with Crippen molar-refractivity contribution in [2.24, 2.45) is 5.92 Å². The molecule has 0 spiro atoms. The van der Waals surface area contributed by atoms with E-state index in [-0.39, 0.29) is 11.8 Å². The smallest absolute Gasteiger partial charge is 0.226 e. The van der Waals surface area contributed by atoms with Crippen molar-refractivity contribution in [1.29, 1.82) is 0 Å². The molecule has 0 N–H and O–H groups in total. The number of carbonyl (C=O) groups is 1. The van der Waals surface area contributed by atoms with E-state index >= 15 is 0 Å². The normalized spacial score (nSPS) is 19.8. The van der Waals surface area contributed by atoms with Crippen LogP contribution in [0.3, 0.4) is 0 Å². The van der Waals surface area contributed by atoms with Crippen molar-refractivity contribution in [1.82, 2.24) is 14.5 Å². The molecular weight excluding hydrogens is 312 g/mol. The van der Waals surface area contributed by atoms with Gasteiger partial charge in [0.1, 0.15) is 5.82 Å². The quantitative estimate of drug-likeness (QED) is 0.806. The van der Waals surface area contributed by atoms with E-state index in [2.05, 4.69) is 9.55 Å². The van der Waals surface area contributed by atoms with Crippen LogP contribution in [0.2, 0.25) is 0 Å². The Morgan fingerprint density at radius 3 is 2.96 bits per heavy atom. The van der Waals surface area contributed by atoms with E-state index < -0.39 is 11.6 Å². The van der Waals surface area contributed by atoms with Crippen molar-refractivity contribution in [3.63, 3.8) is 0 Å². The van der Waals surface area contributed by atoms with Gasteiger partial charge in [-0.1, -0.05) is 6.07 Å². The molecule has 6 heteroatoms. The molecule has 0 radical (unpaired) electrons. The lowest BCUT2D eigenvalue weighted by molar-refractivity contribution is -0.137. The topological polar surface area (TPSA) is 38.1 Å². The van der Waals surface area contributed by atoms with Gasteiger partial charge in [-0.3, -0.25) is 4.79 Å². The average Bonchev–Trinajstić information content (AvgIpc) is 2.98. The number of hydrogen-bond acceptors (Lipinski definition) is 2. The number of imidazole rings is 1. The van der Waals surface area contributed by atoms with Gasteiger partial charge in [-0.15, -0.1) is 0 Å². The Morgan fingerprint density at radius 1 is 1.29 bits per heavy atom. The van der Waals surface area contributed by atoms with E-state index in [4.69, 9.17) is 0 Å². The molecule has 1 unspecified atom stereocenters. The minimum atomic E-state index is -0.815. The largest absolute Gasteiger partial charge is 0.338 e. The van der Waals surface area contributed by atoms with E-state index in [1.807, 2.05) is 13.1 Å². The van der Waals surface area contributed by atoms with E-state index in [1.54, 1.807) is 11.0 Å². The highest BCUT2D eigenvalue weighted by molar-refractivity contribution is 5.79. The molecule has 1 atom stereocenters. The first kappa shape index (κ1) is 15.3. The number of aromatic nitrogens is 2. The predicted molar refractivity (Wildman–Crippen MR) is 84.3 cm³/mol. The number of benzene rings is 1. The van der Waals surface area contributed by atoms with E-state index in [9.17, 15) is 13.6 Å². The minimum absolute atomic E-state index is 0.0551. The van der Waals surface area contributed by atoms with Crippen molar-refractivity contribution >= 4 is 5.91 Å². The van der Waals surface area contributed by atoms with E-state index in [0.29, 0.717) is 37.1 Å². The van der Waals surface area contributed by atoms with Crippen LogP contribution in [0.1, 0.15) is 29.1 Å². The van der Waals surface area contributed by atoms with Crippen LogP contribution in [-0.4, -0.2) is 26.9 Å². The molecule has 1 amide bonds. The summed E-state index contributed by atoms with van der Waals surface area (Å²) in [7, 11) is 0. The number of aryl methyl sites for hydroxylation is 1. The number of fused-ring (bicyclic) bond motifs is 2. The second-order valence-electron chi connectivity index (χ2n) is 6.65.